The summed E-state index contributed by atoms with van der Waals surface area (Å²) < 4.78 is 0. The second-order valence-corrected chi connectivity index (χ2v) is 3.70. The molecule has 4 nitrogen and oxygen atoms in total. The maximum Gasteiger partial charge on any atom is 2.00 e. The summed E-state index contributed by atoms with van der Waals surface area (Å²) in [5.74, 6) is -0.191. The van der Waals surface area contributed by atoms with Gasteiger partial charge in [-0.05, 0) is 0 Å². The second-order valence-electron chi connectivity index (χ2n) is 3.70. The Bertz CT molecular complexity index is 474. The Morgan fingerprint density at radius 1 is 0.667 bits per heavy atom. The van der Waals surface area contributed by atoms with Gasteiger partial charge in [0.1, 0.15) is 0 Å². The van der Waals surface area contributed by atoms with Crippen LogP contribution in [0.15, 0.2) is 48.5 Å². The Hall–Kier alpha value is -1.56. The van der Waals surface area contributed by atoms with E-state index in [0.29, 0.717) is 24.5 Å². The van der Waals surface area contributed by atoms with Crippen molar-refractivity contribution >= 4 is 35.3 Å². The molecular formula is C16H18N2O2Sn-4. The third kappa shape index (κ3) is 6.62. The zero-order valence-corrected chi connectivity index (χ0v) is 15.1. The largest absolute Gasteiger partial charge is 2.00 e. The molecule has 5 heteroatoms. The minimum atomic E-state index is -0.0956. The molecule has 21 heavy (non-hydrogen) atoms. The predicted octanol–water partition coefficient (Wildman–Crippen LogP) is 3.06. The maximum atomic E-state index is 11.4. The molecule has 0 bridgehead atoms. The van der Waals surface area contributed by atoms with E-state index in [1.807, 2.05) is 0 Å². The summed E-state index contributed by atoms with van der Waals surface area (Å²) in [5.41, 5.74) is 0.867. The quantitative estimate of drug-likeness (QED) is 0.448. The van der Waals surface area contributed by atoms with Gasteiger partial charge in [0.2, 0.25) is 0 Å². The van der Waals surface area contributed by atoms with E-state index in [-0.39, 0.29) is 50.3 Å². The number of benzene rings is 2. The van der Waals surface area contributed by atoms with Gasteiger partial charge in [0.05, 0.1) is 0 Å². The minimum absolute atomic E-state index is 0. The Kier molecular flexibility index (Phi) is 11.5. The molecule has 0 saturated carbocycles. The molecule has 0 aromatic heterocycles. The molecule has 0 spiro atoms. The average Bonchev–Trinajstić information content (AvgIpc) is 2.38. The van der Waals surface area contributed by atoms with Crippen LogP contribution >= 0.6 is 0 Å². The van der Waals surface area contributed by atoms with Crippen LogP contribution in [0.4, 0.5) is 11.4 Å². The number of hydrogen-bond acceptors (Lipinski definition) is 2. The first kappa shape index (κ1) is 21.7. The molecule has 2 radical (unpaired) electrons. The van der Waals surface area contributed by atoms with Crippen molar-refractivity contribution in [1.29, 1.82) is 0 Å². The van der Waals surface area contributed by atoms with Gasteiger partial charge >= 0.3 is 23.9 Å². The fraction of sp³-hybridized carbons (Fsp3) is 0.125. The standard InChI is InChI=1S/C14H14N2O2.2CH3.Sn/c17-13-7-3-1-5-11(13)15-9-10-16-12-6-2-4-8-14(12)18;;;/h1-8,17-18H,9-10H2;2*1H3;/q-2;2*-1;+2/p-2. The van der Waals surface area contributed by atoms with Crippen LogP contribution in [0.5, 0.6) is 11.5 Å². The summed E-state index contributed by atoms with van der Waals surface area (Å²) in [6, 6.07) is 13.2. The van der Waals surface area contributed by atoms with Crippen LogP contribution in [0.1, 0.15) is 0 Å². The van der Waals surface area contributed by atoms with E-state index in [2.05, 4.69) is 10.6 Å². The van der Waals surface area contributed by atoms with E-state index in [1.165, 1.54) is 12.1 Å². The molecule has 0 unspecified atom stereocenters. The van der Waals surface area contributed by atoms with Crippen LogP contribution in [0.25, 0.3) is 10.6 Å². The van der Waals surface area contributed by atoms with Crippen LogP contribution in [-0.2, 0) is 0 Å². The van der Waals surface area contributed by atoms with Gasteiger partial charge in [-0.1, -0.05) is 48.5 Å². The van der Waals surface area contributed by atoms with Crippen molar-refractivity contribution in [3.8, 4) is 11.5 Å². The summed E-state index contributed by atoms with van der Waals surface area (Å²) >= 11 is 0. The SMILES string of the molecule is [CH3-].[CH3-].[O-]c1ccccc1[N-]CC[N-]c1ccccc1[O-].[Sn+2]. The Balaban J connectivity index is 0. The van der Waals surface area contributed by atoms with Crippen molar-refractivity contribution in [3.63, 3.8) is 0 Å². The van der Waals surface area contributed by atoms with E-state index in [9.17, 15) is 10.2 Å². The Morgan fingerprint density at radius 3 is 1.33 bits per heavy atom. The molecule has 0 heterocycles. The van der Waals surface area contributed by atoms with Gasteiger partial charge in [-0.15, -0.1) is 36.0 Å². The molecule has 112 valence electrons. The topological polar surface area (TPSA) is 74.3 Å². The van der Waals surface area contributed by atoms with E-state index in [4.69, 9.17) is 0 Å². The summed E-state index contributed by atoms with van der Waals surface area (Å²) in [7, 11) is 0. The monoisotopic (exact) mass is 390 g/mol. The van der Waals surface area contributed by atoms with E-state index < -0.39 is 0 Å². The van der Waals surface area contributed by atoms with Gasteiger partial charge in [0.25, 0.3) is 0 Å². The van der Waals surface area contributed by atoms with E-state index in [1.54, 1.807) is 36.4 Å². The summed E-state index contributed by atoms with van der Waals surface area (Å²) in [4.78, 5) is 0. The van der Waals surface area contributed by atoms with Crippen LogP contribution in [0.2, 0.25) is 0 Å². The van der Waals surface area contributed by atoms with Gasteiger partial charge in [0, 0.05) is 0 Å². The van der Waals surface area contributed by atoms with Crippen molar-refractivity contribution in [2.75, 3.05) is 13.1 Å². The molecule has 0 aliphatic heterocycles. The molecule has 0 aliphatic carbocycles. The van der Waals surface area contributed by atoms with Crippen molar-refractivity contribution in [3.05, 3.63) is 74.0 Å². The second kappa shape index (κ2) is 11.1. The van der Waals surface area contributed by atoms with Crippen LogP contribution in [0, 0.1) is 14.9 Å². The summed E-state index contributed by atoms with van der Waals surface area (Å²) in [6.45, 7) is 0.793. The van der Waals surface area contributed by atoms with Crippen molar-refractivity contribution < 1.29 is 10.2 Å². The molecule has 0 saturated heterocycles. The van der Waals surface area contributed by atoms with Crippen LogP contribution in [-0.4, -0.2) is 37.0 Å². The van der Waals surface area contributed by atoms with Crippen LogP contribution in [0.3, 0.4) is 0 Å². The number of nitrogens with zero attached hydrogens (tertiary/aromatic N) is 2. The Labute approximate surface area is 144 Å². The smallest absolute Gasteiger partial charge is 0.873 e. The maximum absolute atomic E-state index is 11.4. The number of rotatable bonds is 5. The van der Waals surface area contributed by atoms with Gasteiger partial charge in [-0.3, -0.25) is 0 Å². The fourth-order valence-corrected chi connectivity index (χ4v) is 1.52. The third-order valence-electron chi connectivity index (χ3n) is 2.39. The van der Waals surface area contributed by atoms with Crippen LogP contribution < -0.4 is 10.2 Å². The zero-order valence-electron chi connectivity index (χ0n) is 12.2. The Morgan fingerprint density at radius 2 is 1.00 bits per heavy atom. The predicted molar refractivity (Wildman–Crippen MR) is 86.1 cm³/mol. The minimum Gasteiger partial charge on any atom is -0.873 e. The van der Waals surface area contributed by atoms with Crippen molar-refractivity contribution in [2.24, 2.45) is 0 Å². The fourth-order valence-electron chi connectivity index (χ4n) is 1.52. The zero-order chi connectivity index (χ0) is 12.8. The number of hydrogen-bond donors (Lipinski definition) is 0. The molecule has 2 rings (SSSR count). The van der Waals surface area contributed by atoms with Gasteiger partial charge in [-0.25, -0.2) is 0 Å². The normalized spacial score (nSPS) is 8.57. The van der Waals surface area contributed by atoms with Gasteiger partial charge < -0.3 is 35.7 Å². The molecule has 2 aromatic carbocycles. The summed E-state index contributed by atoms with van der Waals surface area (Å²) in [5, 5.41) is 31.0. The average molecular weight is 389 g/mol. The first-order valence-electron chi connectivity index (χ1n) is 5.64. The first-order chi connectivity index (χ1) is 8.77. The molecular weight excluding hydrogens is 371 g/mol. The van der Waals surface area contributed by atoms with Crippen molar-refractivity contribution in [2.45, 2.75) is 0 Å². The van der Waals surface area contributed by atoms with E-state index >= 15 is 0 Å². The molecule has 0 N–H and O–H groups in total. The summed E-state index contributed by atoms with van der Waals surface area (Å²) in [6.07, 6.45) is 0. The molecule has 2 aromatic rings. The van der Waals surface area contributed by atoms with Gasteiger partial charge in [0.15, 0.2) is 0 Å². The first-order valence-corrected chi connectivity index (χ1v) is 5.64. The van der Waals surface area contributed by atoms with Gasteiger partial charge in [-0.2, -0.15) is 0 Å². The molecule has 0 amide bonds. The van der Waals surface area contributed by atoms with E-state index in [0.717, 1.165) is 0 Å². The number of para-hydroxylation sites is 4. The van der Waals surface area contributed by atoms with Crippen molar-refractivity contribution in [1.82, 2.24) is 0 Å². The molecule has 0 fully saturated rings. The molecule has 0 aliphatic rings. The molecule has 0 atom stereocenters. The third-order valence-corrected chi connectivity index (χ3v) is 2.39.